The minimum atomic E-state index is -3.62. The molecule has 10 heavy (non-hydrogen) atoms. The Morgan fingerprint density at radius 1 is 1.60 bits per heavy atom. The van der Waals surface area contributed by atoms with Gasteiger partial charge in [0.15, 0.2) is 5.78 Å². The fourth-order valence-corrected chi connectivity index (χ4v) is 1.17. The predicted molar refractivity (Wildman–Crippen MR) is 35.8 cm³/mol. The van der Waals surface area contributed by atoms with Crippen molar-refractivity contribution in [1.82, 2.24) is 0 Å². The smallest absolute Gasteiger partial charge is 0.232 e. The van der Waals surface area contributed by atoms with Crippen molar-refractivity contribution in [2.75, 3.05) is 19.1 Å². The number of carbonyl (C=O) groups excluding carboxylic acids is 1. The highest BCUT2D eigenvalue weighted by Crippen LogP contribution is 2.38. The van der Waals surface area contributed by atoms with E-state index in [9.17, 15) is 9.36 Å². The van der Waals surface area contributed by atoms with Crippen molar-refractivity contribution in [3.8, 4) is 0 Å². The fourth-order valence-electron chi connectivity index (χ4n) is 0.390. The Bertz CT molecular complexity index is 169. The second-order valence-electron chi connectivity index (χ2n) is 1.89. The van der Waals surface area contributed by atoms with Gasteiger partial charge in [0, 0.05) is 0 Å². The summed E-state index contributed by atoms with van der Waals surface area (Å²) in [7, 11) is -3.62. The van der Waals surface area contributed by atoms with Crippen LogP contribution in [0.1, 0.15) is 0 Å². The first-order chi connectivity index (χ1) is 4.52. The molecule has 1 unspecified atom stereocenters. The van der Waals surface area contributed by atoms with E-state index in [1.807, 2.05) is 0 Å². The highest BCUT2D eigenvalue weighted by atomic mass is 31.2. The first kappa shape index (κ1) is 9.78. The molecule has 1 atom stereocenters. The Morgan fingerprint density at radius 2 is 2.10 bits per heavy atom. The van der Waals surface area contributed by atoms with Gasteiger partial charge < -0.3 is 15.7 Å². The topological polar surface area (TPSA) is 101 Å². The van der Waals surface area contributed by atoms with Crippen LogP contribution in [0.25, 0.3) is 0 Å². The van der Waals surface area contributed by atoms with Gasteiger partial charge in [0.05, 0.1) is 12.7 Å². The number of Topliss-reactive ketones (excluding diaryl/α,β-unsaturated/α-hetero) is 1. The average Bonchev–Trinajstić information content (AvgIpc) is 1.87. The Balaban J connectivity index is 3.89. The summed E-state index contributed by atoms with van der Waals surface area (Å²) in [6.07, 6.45) is -1.39. The molecule has 0 aromatic rings. The van der Waals surface area contributed by atoms with Gasteiger partial charge in [-0.1, -0.05) is 0 Å². The van der Waals surface area contributed by atoms with E-state index in [1.165, 1.54) is 0 Å². The molecule has 0 bridgehead atoms. The first-order valence-corrected chi connectivity index (χ1v) is 4.68. The number of hydrogen-bond donors (Lipinski definition) is 3. The zero-order valence-corrected chi connectivity index (χ0v) is 6.25. The van der Waals surface area contributed by atoms with Crippen molar-refractivity contribution in [2.24, 2.45) is 5.73 Å². The summed E-state index contributed by atoms with van der Waals surface area (Å²) in [6.45, 7) is -0.259. The minimum absolute atomic E-state index is 0.259. The molecule has 60 valence electrons. The van der Waals surface area contributed by atoms with Crippen molar-refractivity contribution in [2.45, 2.75) is 0 Å². The number of hydrogen-bond acceptors (Lipinski definition) is 4. The van der Waals surface area contributed by atoms with Gasteiger partial charge in [0.25, 0.3) is 0 Å². The average molecular weight is 167 g/mol. The zero-order valence-electron chi connectivity index (χ0n) is 5.36. The fraction of sp³-hybridized carbons (Fsp3) is 0.750. The largest absolute Gasteiger partial charge is 0.386 e. The quantitative estimate of drug-likeness (QED) is 0.453. The summed E-state index contributed by atoms with van der Waals surface area (Å²) in [4.78, 5) is 19.1. The molecule has 5 nitrogen and oxygen atoms in total. The van der Waals surface area contributed by atoms with Gasteiger partial charge in [-0.15, -0.1) is 0 Å². The molecule has 0 heterocycles. The molecule has 0 aliphatic heterocycles. The maximum absolute atomic E-state index is 10.6. The maximum Gasteiger partial charge on any atom is 0.232 e. The van der Waals surface area contributed by atoms with E-state index < -0.39 is 25.7 Å². The van der Waals surface area contributed by atoms with Crippen molar-refractivity contribution >= 4 is 13.2 Å². The van der Waals surface area contributed by atoms with Gasteiger partial charge in [-0.25, -0.2) is 0 Å². The molecule has 0 saturated carbocycles. The Kier molecular flexibility index (Phi) is 3.75. The van der Waals surface area contributed by atoms with Crippen LogP contribution >= 0.6 is 7.37 Å². The Hall–Kier alpha value is -0.220. The van der Waals surface area contributed by atoms with Gasteiger partial charge in [-0.2, -0.15) is 0 Å². The monoisotopic (exact) mass is 167 g/mol. The van der Waals surface area contributed by atoms with E-state index in [0.29, 0.717) is 0 Å². The van der Waals surface area contributed by atoms with Gasteiger partial charge in [0.1, 0.15) is 6.35 Å². The van der Waals surface area contributed by atoms with Crippen LogP contribution in [-0.2, 0) is 9.36 Å². The molecule has 0 rings (SSSR count). The van der Waals surface area contributed by atoms with Crippen LogP contribution < -0.4 is 5.73 Å². The van der Waals surface area contributed by atoms with Crippen molar-refractivity contribution in [1.29, 1.82) is 0 Å². The van der Waals surface area contributed by atoms with Crippen molar-refractivity contribution in [3.05, 3.63) is 0 Å². The summed E-state index contributed by atoms with van der Waals surface area (Å²) in [6, 6.07) is 0. The van der Waals surface area contributed by atoms with Crippen LogP contribution in [0.15, 0.2) is 0 Å². The lowest BCUT2D eigenvalue weighted by atomic mass is 10.5. The molecular weight excluding hydrogens is 157 g/mol. The van der Waals surface area contributed by atoms with Gasteiger partial charge >= 0.3 is 0 Å². The SMILES string of the molecule is NCC(=O)CP(=O)(O)CO. The molecular formula is C4H10NO4P. The normalized spacial score (nSPS) is 16.3. The Morgan fingerprint density at radius 3 is 2.40 bits per heavy atom. The van der Waals surface area contributed by atoms with Crippen LogP contribution in [0.5, 0.6) is 0 Å². The predicted octanol–water partition coefficient (Wildman–Crippen LogP) is -1.27. The molecule has 6 heteroatoms. The molecule has 0 saturated heterocycles. The summed E-state index contributed by atoms with van der Waals surface area (Å²) < 4.78 is 10.6. The number of aliphatic hydroxyl groups excluding tert-OH is 1. The molecule has 0 spiro atoms. The molecule has 0 aromatic heterocycles. The van der Waals surface area contributed by atoms with Crippen molar-refractivity contribution in [3.63, 3.8) is 0 Å². The first-order valence-electron chi connectivity index (χ1n) is 2.65. The lowest BCUT2D eigenvalue weighted by Crippen LogP contribution is -2.18. The maximum atomic E-state index is 10.6. The Labute approximate surface area is 58.3 Å². The van der Waals surface area contributed by atoms with Crippen LogP contribution in [0, 0.1) is 0 Å². The molecule has 0 aromatic carbocycles. The summed E-state index contributed by atoms with van der Waals surface area (Å²) >= 11 is 0. The number of rotatable bonds is 4. The lowest BCUT2D eigenvalue weighted by molar-refractivity contribution is -0.115. The second-order valence-corrected chi connectivity index (χ2v) is 4.18. The minimum Gasteiger partial charge on any atom is -0.386 e. The van der Waals surface area contributed by atoms with Gasteiger partial charge in [0.2, 0.25) is 7.37 Å². The summed E-state index contributed by atoms with van der Waals surface area (Å²) in [5.41, 5.74) is 4.87. The molecule has 4 N–H and O–H groups in total. The molecule has 0 aliphatic rings. The molecule has 0 amide bonds. The van der Waals surface area contributed by atoms with Crippen LogP contribution in [0.4, 0.5) is 0 Å². The van der Waals surface area contributed by atoms with E-state index in [4.69, 9.17) is 15.7 Å². The van der Waals surface area contributed by atoms with Crippen LogP contribution in [-0.4, -0.2) is 34.8 Å². The van der Waals surface area contributed by atoms with Gasteiger partial charge in [-0.05, 0) is 0 Å². The number of ketones is 1. The standard InChI is InChI=1S/C4H10NO4P/c5-1-4(7)2-10(8,9)3-6/h6H,1-3,5H2,(H,8,9). The van der Waals surface area contributed by atoms with E-state index in [-0.39, 0.29) is 6.54 Å². The highest BCUT2D eigenvalue weighted by molar-refractivity contribution is 7.58. The number of nitrogens with two attached hydrogens (primary N) is 1. The van der Waals surface area contributed by atoms with E-state index in [2.05, 4.69) is 0 Å². The van der Waals surface area contributed by atoms with Crippen molar-refractivity contribution < 1.29 is 19.4 Å². The van der Waals surface area contributed by atoms with Crippen LogP contribution in [0.3, 0.4) is 0 Å². The zero-order chi connectivity index (χ0) is 8.20. The third kappa shape index (κ3) is 3.74. The summed E-state index contributed by atoms with van der Waals surface area (Å²) in [5.74, 6) is -0.514. The van der Waals surface area contributed by atoms with E-state index in [0.717, 1.165) is 0 Å². The second kappa shape index (κ2) is 3.83. The number of aliphatic hydroxyl groups is 1. The lowest BCUT2D eigenvalue weighted by Gasteiger charge is -2.04. The van der Waals surface area contributed by atoms with E-state index in [1.54, 1.807) is 0 Å². The third-order valence-corrected chi connectivity index (χ3v) is 2.16. The highest BCUT2D eigenvalue weighted by Gasteiger charge is 2.19. The molecule has 0 radical (unpaired) electrons. The number of carbonyl (C=O) groups is 1. The van der Waals surface area contributed by atoms with Gasteiger partial charge in [-0.3, -0.25) is 9.36 Å². The molecule has 0 fully saturated rings. The van der Waals surface area contributed by atoms with Crippen LogP contribution in [0.2, 0.25) is 0 Å². The summed E-state index contributed by atoms with van der Waals surface area (Å²) in [5, 5.41) is 8.23. The third-order valence-electron chi connectivity index (χ3n) is 0.872. The van der Waals surface area contributed by atoms with E-state index >= 15 is 0 Å². The molecule has 0 aliphatic carbocycles.